The number of hydrogen-bond acceptors (Lipinski definition) is 6. The second-order valence-corrected chi connectivity index (χ2v) is 7.98. The number of aromatic nitrogens is 1. The van der Waals surface area contributed by atoms with Gasteiger partial charge in [-0.25, -0.2) is 0 Å². The molecule has 2 heterocycles. The van der Waals surface area contributed by atoms with Gasteiger partial charge in [0.15, 0.2) is 0 Å². The van der Waals surface area contributed by atoms with E-state index in [4.69, 9.17) is 9.26 Å². The Hall–Kier alpha value is -3.97. The summed E-state index contributed by atoms with van der Waals surface area (Å²) in [5.41, 5.74) is 3.54. The van der Waals surface area contributed by atoms with E-state index in [1.54, 1.807) is 25.1 Å². The van der Waals surface area contributed by atoms with Crippen LogP contribution >= 0.6 is 0 Å². The Labute approximate surface area is 190 Å². The Kier molecular flexibility index (Phi) is 5.62. The molecule has 0 radical (unpaired) electrons. The minimum absolute atomic E-state index is 0.0730. The molecule has 4 aromatic rings. The first-order chi connectivity index (χ1) is 16.1. The van der Waals surface area contributed by atoms with Crippen LogP contribution in [0.1, 0.15) is 37.7 Å². The van der Waals surface area contributed by atoms with Gasteiger partial charge in [0, 0.05) is 40.2 Å². The molecule has 7 nitrogen and oxygen atoms in total. The average Bonchev–Trinajstić information content (AvgIpc) is 3.25. The van der Waals surface area contributed by atoms with Gasteiger partial charge in [0.2, 0.25) is 0 Å². The summed E-state index contributed by atoms with van der Waals surface area (Å²) in [6, 6.07) is 20.9. The first-order valence-corrected chi connectivity index (χ1v) is 10.8. The van der Waals surface area contributed by atoms with Crippen LogP contribution in [-0.2, 0) is 17.9 Å². The zero-order valence-corrected chi connectivity index (χ0v) is 18.2. The van der Waals surface area contributed by atoms with Crippen molar-refractivity contribution in [2.45, 2.75) is 20.1 Å². The van der Waals surface area contributed by atoms with Crippen molar-refractivity contribution in [3.8, 4) is 0 Å². The van der Waals surface area contributed by atoms with Crippen molar-refractivity contribution in [1.82, 2.24) is 10.1 Å². The van der Waals surface area contributed by atoms with Gasteiger partial charge in [0.25, 0.3) is 11.8 Å². The third-order valence-corrected chi connectivity index (χ3v) is 5.66. The Morgan fingerprint density at radius 3 is 2.52 bits per heavy atom. The van der Waals surface area contributed by atoms with E-state index in [9.17, 15) is 9.59 Å². The SMILES string of the molecule is Cc1cc(CN2C(=O)c3cccc4c(NCCOCc5ccccc5)ccc(c34)C2=O)no1. The number of nitrogens with one attached hydrogen (secondary N) is 1. The van der Waals surface area contributed by atoms with Gasteiger partial charge in [-0.15, -0.1) is 0 Å². The molecule has 0 aliphatic carbocycles. The van der Waals surface area contributed by atoms with Gasteiger partial charge in [0.1, 0.15) is 11.5 Å². The van der Waals surface area contributed by atoms with E-state index in [2.05, 4.69) is 10.5 Å². The van der Waals surface area contributed by atoms with E-state index >= 15 is 0 Å². The largest absolute Gasteiger partial charge is 0.382 e. The van der Waals surface area contributed by atoms with Gasteiger partial charge < -0.3 is 14.6 Å². The van der Waals surface area contributed by atoms with Gasteiger partial charge in [-0.3, -0.25) is 14.5 Å². The lowest BCUT2D eigenvalue weighted by molar-refractivity contribution is 0.0595. The van der Waals surface area contributed by atoms with Crippen LogP contribution < -0.4 is 5.32 Å². The zero-order valence-electron chi connectivity index (χ0n) is 18.2. The summed E-state index contributed by atoms with van der Waals surface area (Å²) < 4.78 is 10.8. The number of anilines is 1. The molecule has 0 saturated carbocycles. The third-order valence-electron chi connectivity index (χ3n) is 5.66. The lowest BCUT2D eigenvalue weighted by atomic mass is 9.93. The quantitative estimate of drug-likeness (QED) is 0.319. The van der Waals surface area contributed by atoms with Gasteiger partial charge in [-0.05, 0) is 30.7 Å². The van der Waals surface area contributed by atoms with Crippen molar-refractivity contribution in [2.24, 2.45) is 0 Å². The van der Waals surface area contributed by atoms with Crippen molar-refractivity contribution in [3.05, 3.63) is 94.9 Å². The van der Waals surface area contributed by atoms with Crippen LogP contribution in [0.2, 0.25) is 0 Å². The molecule has 0 saturated heterocycles. The third kappa shape index (κ3) is 4.10. The van der Waals surface area contributed by atoms with E-state index in [1.807, 2.05) is 48.5 Å². The number of ether oxygens (including phenoxy) is 1. The molecule has 1 N–H and O–H groups in total. The van der Waals surface area contributed by atoms with Crippen LogP contribution in [0.4, 0.5) is 5.69 Å². The second kappa shape index (κ2) is 8.88. The fourth-order valence-corrected chi connectivity index (χ4v) is 4.12. The zero-order chi connectivity index (χ0) is 22.8. The Balaban J connectivity index is 1.33. The fraction of sp³-hybridized carbons (Fsp3) is 0.192. The molecule has 0 atom stereocenters. The fourth-order valence-electron chi connectivity index (χ4n) is 4.12. The van der Waals surface area contributed by atoms with Crippen molar-refractivity contribution in [1.29, 1.82) is 0 Å². The highest BCUT2D eigenvalue weighted by atomic mass is 16.5. The van der Waals surface area contributed by atoms with Crippen molar-refractivity contribution < 1.29 is 18.8 Å². The molecule has 0 unspecified atom stereocenters. The number of aryl methyl sites for hydroxylation is 1. The van der Waals surface area contributed by atoms with Gasteiger partial charge in [-0.2, -0.15) is 0 Å². The Morgan fingerprint density at radius 2 is 1.76 bits per heavy atom. The predicted octanol–water partition coefficient (Wildman–Crippen LogP) is 4.56. The predicted molar refractivity (Wildman–Crippen MR) is 124 cm³/mol. The molecule has 0 spiro atoms. The molecule has 1 aliphatic rings. The van der Waals surface area contributed by atoms with Crippen molar-refractivity contribution in [3.63, 3.8) is 0 Å². The number of benzene rings is 3. The molecule has 7 heteroatoms. The van der Waals surface area contributed by atoms with Crippen LogP contribution in [0, 0.1) is 6.92 Å². The van der Waals surface area contributed by atoms with Gasteiger partial charge in [0.05, 0.1) is 19.8 Å². The maximum absolute atomic E-state index is 13.2. The smallest absolute Gasteiger partial charge is 0.261 e. The first-order valence-electron chi connectivity index (χ1n) is 10.8. The van der Waals surface area contributed by atoms with E-state index in [1.165, 1.54) is 4.90 Å². The number of carbonyl (C=O) groups excluding carboxylic acids is 2. The lowest BCUT2D eigenvalue weighted by Crippen LogP contribution is -2.39. The van der Waals surface area contributed by atoms with Crippen LogP contribution in [0.5, 0.6) is 0 Å². The van der Waals surface area contributed by atoms with Crippen LogP contribution in [0.15, 0.2) is 71.3 Å². The van der Waals surface area contributed by atoms with Crippen LogP contribution in [0.25, 0.3) is 10.8 Å². The number of imide groups is 1. The number of nitrogens with zero attached hydrogens (tertiary/aromatic N) is 2. The molecule has 166 valence electrons. The van der Waals surface area contributed by atoms with Gasteiger partial charge in [-0.1, -0.05) is 47.6 Å². The maximum Gasteiger partial charge on any atom is 0.261 e. The van der Waals surface area contributed by atoms with E-state index < -0.39 is 0 Å². The minimum Gasteiger partial charge on any atom is -0.382 e. The molecule has 3 aromatic carbocycles. The highest BCUT2D eigenvalue weighted by Gasteiger charge is 2.33. The van der Waals surface area contributed by atoms with Crippen molar-refractivity contribution >= 4 is 28.3 Å². The molecular formula is C26H23N3O4. The number of carbonyl (C=O) groups is 2. The highest BCUT2D eigenvalue weighted by Crippen LogP contribution is 2.34. The van der Waals surface area contributed by atoms with Crippen molar-refractivity contribution in [2.75, 3.05) is 18.5 Å². The molecule has 1 aromatic heterocycles. The Morgan fingerprint density at radius 1 is 0.970 bits per heavy atom. The maximum atomic E-state index is 13.2. The summed E-state index contributed by atoms with van der Waals surface area (Å²) in [6.45, 7) is 3.53. The van der Waals surface area contributed by atoms with E-state index in [0.717, 1.165) is 16.6 Å². The summed E-state index contributed by atoms with van der Waals surface area (Å²) in [6.07, 6.45) is 0. The standard InChI is InChI=1S/C26H23N3O4/c1-17-14-19(28-33-17)15-29-25(30)21-9-5-8-20-23(11-10-22(24(20)21)26(29)31)27-12-13-32-16-18-6-3-2-4-7-18/h2-11,14,27H,12-13,15-16H2,1H3. The summed E-state index contributed by atoms with van der Waals surface area (Å²) in [4.78, 5) is 27.6. The topological polar surface area (TPSA) is 84.7 Å². The first kappa shape index (κ1) is 20.9. The minimum atomic E-state index is -0.331. The Bertz CT molecular complexity index is 1310. The average molecular weight is 441 g/mol. The lowest BCUT2D eigenvalue weighted by Gasteiger charge is -2.27. The molecular weight excluding hydrogens is 418 g/mol. The summed E-state index contributed by atoms with van der Waals surface area (Å²) in [5.74, 6) is -0.0305. The molecule has 1 aliphatic heterocycles. The van der Waals surface area contributed by atoms with E-state index in [-0.39, 0.29) is 18.4 Å². The van der Waals surface area contributed by atoms with Gasteiger partial charge >= 0.3 is 0 Å². The van der Waals surface area contributed by atoms with E-state index in [0.29, 0.717) is 47.7 Å². The summed E-state index contributed by atoms with van der Waals surface area (Å²) in [7, 11) is 0. The molecule has 0 bridgehead atoms. The molecule has 5 rings (SSSR count). The monoisotopic (exact) mass is 441 g/mol. The summed E-state index contributed by atoms with van der Waals surface area (Å²) >= 11 is 0. The summed E-state index contributed by atoms with van der Waals surface area (Å²) in [5, 5.41) is 8.82. The number of amides is 2. The molecule has 0 fully saturated rings. The second-order valence-electron chi connectivity index (χ2n) is 7.98. The molecule has 2 amide bonds. The van der Waals surface area contributed by atoms with Crippen LogP contribution in [-0.4, -0.2) is 35.0 Å². The normalized spacial score (nSPS) is 13.1. The van der Waals surface area contributed by atoms with Crippen LogP contribution in [0.3, 0.4) is 0 Å². The molecule has 33 heavy (non-hydrogen) atoms. The number of rotatable bonds is 8. The highest BCUT2D eigenvalue weighted by molar-refractivity contribution is 6.26. The number of hydrogen-bond donors (Lipinski definition) is 1.